The highest BCUT2D eigenvalue weighted by atomic mass is 16.5. The third kappa shape index (κ3) is 2.24. The van der Waals surface area contributed by atoms with Gasteiger partial charge in [-0.15, -0.1) is 0 Å². The Kier molecular flexibility index (Phi) is 2.82. The summed E-state index contributed by atoms with van der Waals surface area (Å²) in [5.41, 5.74) is -0.482. The van der Waals surface area contributed by atoms with Crippen molar-refractivity contribution >= 4 is 16.7 Å². The van der Waals surface area contributed by atoms with Crippen molar-refractivity contribution in [1.82, 2.24) is 4.98 Å². The highest BCUT2D eigenvalue weighted by Crippen LogP contribution is 2.33. The van der Waals surface area contributed by atoms with Gasteiger partial charge in [-0.2, -0.15) is 0 Å². The average molecular weight is 253 g/mol. The van der Waals surface area contributed by atoms with Crippen molar-refractivity contribution in [3.63, 3.8) is 0 Å². The van der Waals surface area contributed by atoms with Gasteiger partial charge in [-0.3, -0.25) is 9.78 Å². The first-order chi connectivity index (χ1) is 9.17. The minimum atomic E-state index is -0.482. The summed E-state index contributed by atoms with van der Waals surface area (Å²) >= 11 is 0. The zero-order valence-corrected chi connectivity index (χ0v) is 10.8. The molecule has 1 aromatic heterocycles. The molecule has 0 aliphatic heterocycles. The van der Waals surface area contributed by atoms with Crippen LogP contribution >= 0.6 is 0 Å². The number of ether oxygens (including phenoxy) is 1. The monoisotopic (exact) mass is 253 g/mol. The fourth-order valence-electron chi connectivity index (χ4n) is 2.33. The largest absolute Gasteiger partial charge is 0.426 e. The standard InChI is InChI=1S/C16H15NO2/c1-16(7-2-3-8-16)15(18)19-14-5-4-12-6-9-17-11-13(12)10-14/h2,4-7,9-11H,3,8H2,1H3. The molecule has 19 heavy (non-hydrogen) atoms. The number of benzene rings is 1. The molecule has 0 radical (unpaired) electrons. The number of esters is 1. The minimum absolute atomic E-state index is 0.190. The summed E-state index contributed by atoms with van der Waals surface area (Å²) in [7, 11) is 0. The van der Waals surface area contributed by atoms with Crippen LogP contribution in [0.3, 0.4) is 0 Å². The molecule has 1 aromatic carbocycles. The lowest BCUT2D eigenvalue weighted by atomic mass is 9.90. The number of rotatable bonds is 2. The predicted molar refractivity (Wildman–Crippen MR) is 73.9 cm³/mol. The average Bonchev–Trinajstić information content (AvgIpc) is 2.87. The van der Waals surface area contributed by atoms with Crippen LogP contribution in [0.2, 0.25) is 0 Å². The first-order valence-electron chi connectivity index (χ1n) is 6.41. The van der Waals surface area contributed by atoms with Gasteiger partial charge in [-0.05, 0) is 43.4 Å². The van der Waals surface area contributed by atoms with Crippen LogP contribution in [0.5, 0.6) is 5.75 Å². The topological polar surface area (TPSA) is 39.2 Å². The summed E-state index contributed by atoms with van der Waals surface area (Å²) in [6.07, 6.45) is 9.25. The molecule has 2 aromatic rings. The van der Waals surface area contributed by atoms with Gasteiger partial charge in [0.05, 0.1) is 5.41 Å². The fourth-order valence-corrected chi connectivity index (χ4v) is 2.33. The summed E-state index contributed by atoms with van der Waals surface area (Å²) in [6, 6.07) is 7.54. The molecule has 1 heterocycles. The van der Waals surface area contributed by atoms with Crippen LogP contribution in [0, 0.1) is 5.41 Å². The van der Waals surface area contributed by atoms with Crippen molar-refractivity contribution in [3.05, 3.63) is 48.8 Å². The molecule has 0 bridgehead atoms. The SMILES string of the molecule is CC1(C(=O)Oc2ccc3ccncc3c2)C=CCC1. The number of fused-ring (bicyclic) bond motifs is 1. The molecule has 0 amide bonds. The number of carbonyl (C=O) groups excluding carboxylic acids is 1. The number of pyridine rings is 1. The fraction of sp³-hybridized carbons (Fsp3) is 0.250. The number of aromatic nitrogens is 1. The van der Waals surface area contributed by atoms with E-state index in [1.54, 1.807) is 12.4 Å². The van der Waals surface area contributed by atoms with Gasteiger partial charge in [0, 0.05) is 17.8 Å². The van der Waals surface area contributed by atoms with E-state index in [1.165, 1.54) is 0 Å². The Morgan fingerprint density at radius 1 is 1.32 bits per heavy atom. The van der Waals surface area contributed by atoms with Crippen molar-refractivity contribution in [2.75, 3.05) is 0 Å². The Bertz CT molecular complexity index is 663. The van der Waals surface area contributed by atoms with Crippen LogP contribution in [-0.2, 0) is 4.79 Å². The second-order valence-corrected chi connectivity index (χ2v) is 5.13. The highest BCUT2D eigenvalue weighted by molar-refractivity contribution is 5.85. The summed E-state index contributed by atoms with van der Waals surface area (Å²) in [6.45, 7) is 1.92. The molecule has 1 aliphatic carbocycles. The summed E-state index contributed by atoms with van der Waals surface area (Å²) in [4.78, 5) is 16.3. The number of hydrogen-bond donors (Lipinski definition) is 0. The maximum Gasteiger partial charge on any atom is 0.321 e. The molecule has 3 rings (SSSR count). The van der Waals surface area contributed by atoms with Crippen LogP contribution in [-0.4, -0.2) is 11.0 Å². The van der Waals surface area contributed by atoms with Gasteiger partial charge in [0.1, 0.15) is 5.75 Å². The zero-order valence-electron chi connectivity index (χ0n) is 10.8. The Morgan fingerprint density at radius 3 is 3.00 bits per heavy atom. The number of hydrogen-bond acceptors (Lipinski definition) is 3. The second kappa shape index (κ2) is 4.50. The van der Waals surface area contributed by atoms with E-state index in [2.05, 4.69) is 4.98 Å². The molecular formula is C16H15NO2. The maximum atomic E-state index is 12.2. The van der Waals surface area contributed by atoms with Crippen LogP contribution < -0.4 is 4.74 Å². The molecule has 1 unspecified atom stereocenters. The predicted octanol–water partition coefficient (Wildman–Crippen LogP) is 3.50. The molecule has 0 saturated carbocycles. The summed E-state index contributed by atoms with van der Waals surface area (Å²) in [5.74, 6) is 0.386. The third-order valence-corrected chi connectivity index (χ3v) is 3.60. The molecule has 3 nitrogen and oxygen atoms in total. The number of allylic oxidation sites excluding steroid dienone is 1. The normalized spacial score (nSPS) is 21.7. The highest BCUT2D eigenvalue weighted by Gasteiger charge is 2.34. The minimum Gasteiger partial charge on any atom is -0.426 e. The van der Waals surface area contributed by atoms with Gasteiger partial charge in [0.25, 0.3) is 0 Å². The Labute approximate surface area is 111 Å². The van der Waals surface area contributed by atoms with Gasteiger partial charge in [0.2, 0.25) is 0 Å². The van der Waals surface area contributed by atoms with E-state index in [0.717, 1.165) is 23.6 Å². The molecule has 1 aliphatic rings. The van der Waals surface area contributed by atoms with Crippen molar-refractivity contribution in [3.8, 4) is 5.75 Å². The van der Waals surface area contributed by atoms with Crippen molar-refractivity contribution < 1.29 is 9.53 Å². The van der Waals surface area contributed by atoms with Crippen molar-refractivity contribution in [2.45, 2.75) is 19.8 Å². The Balaban J connectivity index is 1.85. The second-order valence-electron chi connectivity index (χ2n) is 5.13. The Morgan fingerprint density at radius 2 is 2.21 bits per heavy atom. The zero-order chi connectivity index (χ0) is 13.3. The molecule has 96 valence electrons. The van der Waals surface area contributed by atoms with Crippen LogP contribution in [0.15, 0.2) is 48.8 Å². The lowest BCUT2D eigenvalue weighted by Crippen LogP contribution is -2.28. The molecule has 0 N–H and O–H groups in total. The molecule has 0 saturated heterocycles. The van der Waals surface area contributed by atoms with Crippen LogP contribution in [0.4, 0.5) is 0 Å². The van der Waals surface area contributed by atoms with E-state index in [1.807, 2.05) is 43.3 Å². The molecule has 0 fully saturated rings. The van der Waals surface area contributed by atoms with Crippen molar-refractivity contribution in [2.24, 2.45) is 5.41 Å². The summed E-state index contributed by atoms with van der Waals surface area (Å²) < 4.78 is 5.49. The molecule has 1 atom stereocenters. The van der Waals surface area contributed by atoms with Crippen molar-refractivity contribution in [1.29, 1.82) is 0 Å². The summed E-state index contributed by atoms with van der Waals surface area (Å²) in [5, 5.41) is 2.06. The van der Waals surface area contributed by atoms with E-state index >= 15 is 0 Å². The van der Waals surface area contributed by atoms with Crippen LogP contribution in [0.25, 0.3) is 10.8 Å². The van der Waals surface area contributed by atoms with Gasteiger partial charge < -0.3 is 4.74 Å². The lowest BCUT2D eigenvalue weighted by Gasteiger charge is -2.19. The van der Waals surface area contributed by atoms with E-state index < -0.39 is 5.41 Å². The lowest BCUT2D eigenvalue weighted by molar-refractivity contribution is -0.142. The van der Waals surface area contributed by atoms with E-state index in [0.29, 0.717) is 5.75 Å². The third-order valence-electron chi connectivity index (χ3n) is 3.60. The van der Waals surface area contributed by atoms with Gasteiger partial charge in [0.15, 0.2) is 0 Å². The molecular weight excluding hydrogens is 238 g/mol. The van der Waals surface area contributed by atoms with Gasteiger partial charge >= 0.3 is 5.97 Å². The first kappa shape index (κ1) is 11.9. The van der Waals surface area contributed by atoms with Crippen LogP contribution in [0.1, 0.15) is 19.8 Å². The quantitative estimate of drug-likeness (QED) is 0.467. The Hall–Kier alpha value is -2.16. The van der Waals surface area contributed by atoms with E-state index in [4.69, 9.17) is 4.74 Å². The number of nitrogens with zero attached hydrogens (tertiary/aromatic N) is 1. The smallest absolute Gasteiger partial charge is 0.321 e. The molecule has 3 heteroatoms. The molecule has 0 spiro atoms. The van der Waals surface area contributed by atoms with E-state index in [9.17, 15) is 4.79 Å². The number of carbonyl (C=O) groups is 1. The maximum absolute atomic E-state index is 12.2. The van der Waals surface area contributed by atoms with Gasteiger partial charge in [-0.1, -0.05) is 18.2 Å². The first-order valence-corrected chi connectivity index (χ1v) is 6.41. The van der Waals surface area contributed by atoms with Gasteiger partial charge in [-0.25, -0.2) is 0 Å². The van der Waals surface area contributed by atoms with E-state index in [-0.39, 0.29) is 5.97 Å².